The second-order valence-electron chi connectivity index (χ2n) is 4.33. The van der Waals surface area contributed by atoms with Crippen molar-refractivity contribution < 1.29 is 4.92 Å². The Hall–Kier alpha value is -2.01. The van der Waals surface area contributed by atoms with E-state index in [9.17, 15) is 10.1 Å². The van der Waals surface area contributed by atoms with Crippen LogP contribution in [-0.4, -0.2) is 12.0 Å². The minimum atomic E-state index is -0.356. The summed E-state index contributed by atoms with van der Waals surface area (Å²) in [6, 6.07) is 15.1. The lowest BCUT2D eigenvalue weighted by Crippen LogP contribution is -1.97. The number of rotatable bonds is 6. The van der Waals surface area contributed by atoms with E-state index in [0.717, 1.165) is 22.8 Å². The number of anilines is 1. The van der Waals surface area contributed by atoms with Crippen LogP contribution >= 0.6 is 11.8 Å². The molecule has 0 saturated heterocycles. The number of hydrogen-bond donors (Lipinski definition) is 1. The molecule has 0 aliphatic heterocycles. The lowest BCUT2D eigenvalue weighted by molar-refractivity contribution is -0.384. The summed E-state index contributed by atoms with van der Waals surface area (Å²) in [5.41, 5.74) is 3.30. The maximum Gasteiger partial charge on any atom is 0.269 e. The maximum absolute atomic E-state index is 10.8. The number of hydrogen-bond acceptors (Lipinski definition) is 4. The molecule has 0 radical (unpaired) electrons. The fraction of sp³-hybridized carbons (Fsp3) is 0.200. The van der Waals surface area contributed by atoms with Crippen LogP contribution in [0, 0.1) is 10.1 Å². The topological polar surface area (TPSA) is 55.2 Å². The van der Waals surface area contributed by atoms with E-state index in [1.165, 1.54) is 11.6 Å². The first-order valence-corrected chi connectivity index (χ1v) is 7.43. The maximum atomic E-state index is 10.8. The molecule has 0 unspecified atom stereocenters. The third-order valence-electron chi connectivity index (χ3n) is 2.94. The molecular weight excluding hydrogens is 272 g/mol. The van der Waals surface area contributed by atoms with Crippen molar-refractivity contribution in [1.82, 2.24) is 0 Å². The van der Waals surface area contributed by atoms with E-state index in [1.807, 2.05) is 25.2 Å². The van der Waals surface area contributed by atoms with Crippen LogP contribution in [0.1, 0.15) is 11.1 Å². The van der Waals surface area contributed by atoms with E-state index in [-0.39, 0.29) is 10.6 Å². The normalized spacial score (nSPS) is 10.2. The molecule has 0 atom stereocenters. The first-order chi connectivity index (χ1) is 9.70. The molecular formula is C15H16N2O2S. The van der Waals surface area contributed by atoms with Crippen LogP contribution in [0.2, 0.25) is 0 Å². The van der Waals surface area contributed by atoms with Gasteiger partial charge in [-0.25, -0.2) is 0 Å². The Morgan fingerprint density at radius 2 is 1.90 bits per heavy atom. The van der Waals surface area contributed by atoms with Crippen LogP contribution in [0.15, 0.2) is 48.5 Å². The summed E-state index contributed by atoms with van der Waals surface area (Å²) in [4.78, 5) is 10.5. The number of nitrogens with zero attached hydrogens (tertiary/aromatic N) is 1. The van der Waals surface area contributed by atoms with Gasteiger partial charge in [-0.2, -0.15) is 11.8 Å². The van der Waals surface area contributed by atoms with Crippen LogP contribution in [0.25, 0.3) is 0 Å². The Morgan fingerprint density at radius 3 is 2.55 bits per heavy atom. The average molecular weight is 288 g/mol. The SMILES string of the molecule is CNc1ccc([N+](=O)[O-])cc1CSCc1ccccc1. The average Bonchev–Trinajstić information content (AvgIpc) is 2.48. The second kappa shape index (κ2) is 6.96. The molecule has 2 rings (SSSR count). The molecule has 0 saturated carbocycles. The predicted octanol–water partition coefficient (Wildman–Crippen LogP) is 4.07. The van der Waals surface area contributed by atoms with Crippen LogP contribution in [0.3, 0.4) is 0 Å². The van der Waals surface area contributed by atoms with Crippen molar-refractivity contribution in [3.05, 3.63) is 69.8 Å². The minimum Gasteiger partial charge on any atom is -0.388 e. The fourth-order valence-electron chi connectivity index (χ4n) is 1.91. The van der Waals surface area contributed by atoms with Gasteiger partial charge in [0.2, 0.25) is 0 Å². The van der Waals surface area contributed by atoms with Crippen molar-refractivity contribution in [2.24, 2.45) is 0 Å². The van der Waals surface area contributed by atoms with Gasteiger partial charge in [-0.1, -0.05) is 30.3 Å². The van der Waals surface area contributed by atoms with Gasteiger partial charge in [-0.3, -0.25) is 10.1 Å². The predicted molar refractivity (Wildman–Crippen MR) is 84.1 cm³/mol. The van der Waals surface area contributed by atoms with Crippen LogP contribution < -0.4 is 5.32 Å². The van der Waals surface area contributed by atoms with Crippen molar-refractivity contribution in [2.75, 3.05) is 12.4 Å². The number of nitro groups is 1. The van der Waals surface area contributed by atoms with Crippen LogP contribution in [0.5, 0.6) is 0 Å². The molecule has 2 aromatic rings. The molecule has 0 amide bonds. The highest BCUT2D eigenvalue weighted by molar-refractivity contribution is 7.97. The summed E-state index contributed by atoms with van der Waals surface area (Å²) in [6.45, 7) is 0. The summed E-state index contributed by atoms with van der Waals surface area (Å²) >= 11 is 1.75. The Kier molecular flexibility index (Phi) is 5.01. The minimum absolute atomic E-state index is 0.138. The fourth-order valence-corrected chi connectivity index (χ4v) is 2.90. The van der Waals surface area contributed by atoms with Crippen molar-refractivity contribution in [3.8, 4) is 0 Å². The Labute approximate surface area is 122 Å². The van der Waals surface area contributed by atoms with E-state index in [4.69, 9.17) is 0 Å². The molecule has 1 N–H and O–H groups in total. The third kappa shape index (κ3) is 3.74. The molecule has 4 nitrogen and oxygen atoms in total. The van der Waals surface area contributed by atoms with E-state index in [1.54, 1.807) is 23.9 Å². The van der Waals surface area contributed by atoms with Crippen molar-refractivity contribution >= 4 is 23.1 Å². The number of non-ortho nitro benzene ring substituents is 1. The summed E-state index contributed by atoms with van der Waals surface area (Å²) < 4.78 is 0. The van der Waals surface area contributed by atoms with Gasteiger partial charge in [0.25, 0.3) is 5.69 Å². The summed E-state index contributed by atoms with van der Waals surface area (Å²) in [5.74, 6) is 1.64. The van der Waals surface area contributed by atoms with Gasteiger partial charge >= 0.3 is 0 Å². The zero-order chi connectivity index (χ0) is 14.4. The van der Waals surface area contributed by atoms with E-state index in [2.05, 4.69) is 17.4 Å². The molecule has 0 aliphatic carbocycles. The van der Waals surface area contributed by atoms with E-state index < -0.39 is 0 Å². The smallest absolute Gasteiger partial charge is 0.269 e. The van der Waals surface area contributed by atoms with Gasteiger partial charge in [0.1, 0.15) is 0 Å². The lowest BCUT2D eigenvalue weighted by Gasteiger charge is -2.09. The molecule has 0 heterocycles. The second-order valence-corrected chi connectivity index (χ2v) is 5.31. The first-order valence-electron chi connectivity index (χ1n) is 6.27. The number of nitrogens with one attached hydrogen (secondary N) is 1. The highest BCUT2D eigenvalue weighted by atomic mass is 32.2. The van der Waals surface area contributed by atoms with Crippen LogP contribution in [-0.2, 0) is 11.5 Å². The Balaban J connectivity index is 2.04. The molecule has 0 bridgehead atoms. The highest BCUT2D eigenvalue weighted by Gasteiger charge is 2.10. The van der Waals surface area contributed by atoms with Gasteiger partial charge in [-0.05, 0) is 17.2 Å². The van der Waals surface area contributed by atoms with Crippen molar-refractivity contribution in [1.29, 1.82) is 0 Å². The zero-order valence-electron chi connectivity index (χ0n) is 11.2. The molecule has 0 aliphatic rings. The summed E-state index contributed by atoms with van der Waals surface area (Å²) in [6.07, 6.45) is 0. The largest absolute Gasteiger partial charge is 0.388 e. The molecule has 5 heteroatoms. The Bertz CT molecular complexity index is 588. The highest BCUT2D eigenvalue weighted by Crippen LogP contribution is 2.27. The van der Waals surface area contributed by atoms with E-state index in [0.29, 0.717) is 0 Å². The van der Waals surface area contributed by atoms with Crippen LogP contribution in [0.4, 0.5) is 11.4 Å². The molecule has 0 aromatic heterocycles. The number of thioether (sulfide) groups is 1. The van der Waals surface area contributed by atoms with E-state index >= 15 is 0 Å². The van der Waals surface area contributed by atoms with Crippen molar-refractivity contribution in [3.63, 3.8) is 0 Å². The quantitative estimate of drug-likeness (QED) is 0.643. The molecule has 0 spiro atoms. The standard InChI is InChI=1S/C15H16N2O2S/c1-16-15-8-7-14(17(18)19)9-13(15)11-20-10-12-5-3-2-4-6-12/h2-9,16H,10-11H2,1H3. The van der Waals surface area contributed by atoms with Gasteiger partial charge in [0.05, 0.1) is 4.92 Å². The van der Waals surface area contributed by atoms with Gasteiger partial charge in [0, 0.05) is 36.4 Å². The number of benzene rings is 2. The zero-order valence-corrected chi connectivity index (χ0v) is 12.0. The lowest BCUT2D eigenvalue weighted by atomic mass is 10.2. The molecule has 0 fully saturated rings. The van der Waals surface area contributed by atoms with Crippen molar-refractivity contribution in [2.45, 2.75) is 11.5 Å². The molecule has 20 heavy (non-hydrogen) atoms. The monoisotopic (exact) mass is 288 g/mol. The van der Waals surface area contributed by atoms with Gasteiger partial charge in [-0.15, -0.1) is 0 Å². The van der Waals surface area contributed by atoms with Gasteiger partial charge in [0.15, 0.2) is 0 Å². The molecule has 2 aromatic carbocycles. The summed E-state index contributed by atoms with van der Waals surface area (Å²) in [5, 5.41) is 13.9. The number of nitro benzene ring substituents is 1. The van der Waals surface area contributed by atoms with Gasteiger partial charge < -0.3 is 5.32 Å². The molecule has 104 valence electrons. The Morgan fingerprint density at radius 1 is 1.15 bits per heavy atom. The third-order valence-corrected chi connectivity index (χ3v) is 3.99. The summed E-state index contributed by atoms with van der Waals surface area (Å²) in [7, 11) is 1.83. The first kappa shape index (κ1) is 14.4.